The van der Waals surface area contributed by atoms with Crippen molar-refractivity contribution in [2.24, 2.45) is 5.92 Å². The summed E-state index contributed by atoms with van der Waals surface area (Å²) in [4.78, 5) is 24.7. The van der Waals surface area contributed by atoms with Gasteiger partial charge in [-0.25, -0.2) is 4.79 Å². The summed E-state index contributed by atoms with van der Waals surface area (Å²) in [6, 6.07) is 9.59. The van der Waals surface area contributed by atoms with Crippen molar-refractivity contribution in [1.82, 2.24) is 4.90 Å². The van der Waals surface area contributed by atoms with E-state index in [0.29, 0.717) is 19.5 Å². The summed E-state index contributed by atoms with van der Waals surface area (Å²) in [6.45, 7) is 4.76. The molecule has 1 heterocycles. The van der Waals surface area contributed by atoms with Crippen LogP contribution in [0.2, 0.25) is 0 Å². The van der Waals surface area contributed by atoms with Gasteiger partial charge in [-0.2, -0.15) is 0 Å². The van der Waals surface area contributed by atoms with E-state index in [9.17, 15) is 9.59 Å². The van der Waals surface area contributed by atoms with Crippen LogP contribution in [0, 0.1) is 5.92 Å². The molecule has 1 aliphatic heterocycles. The number of rotatable bonds is 3. The zero-order valence-corrected chi connectivity index (χ0v) is 12.5. The third kappa shape index (κ3) is 4.48. The number of piperidine rings is 1. The van der Waals surface area contributed by atoms with Crippen molar-refractivity contribution in [3.63, 3.8) is 0 Å². The normalized spacial score (nSPS) is 21.7. The van der Waals surface area contributed by atoms with Gasteiger partial charge in [0.1, 0.15) is 12.7 Å². The molecular formula is C16H21NO4. The first-order valence-electron chi connectivity index (χ1n) is 7.19. The molecular weight excluding hydrogens is 270 g/mol. The molecule has 2 rings (SSSR count). The number of hydrogen-bond donors (Lipinski definition) is 0. The van der Waals surface area contributed by atoms with Crippen molar-refractivity contribution in [3.05, 3.63) is 35.9 Å². The van der Waals surface area contributed by atoms with Crippen LogP contribution in [-0.2, 0) is 20.9 Å². The summed E-state index contributed by atoms with van der Waals surface area (Å²) in [5, 5.41) is 0. The van der Waals surface area contributed by atoms with E-state index in [4.69, 9.17) is 9.47 Å². The molecule has 1 aromatic carbocycles. The molecule has 0 spiro atoms. The van der Waals surface area contributed by atoms with Crippen molar-refractivity contribution in [2.45, 2.75) is 33.0 Å². The van der Waals surface area contributed by atoms with Crippen molar-refractivity contribution in [2.75, 3.05) is 13.1 Å². The lowest BCUT2D eigenvalue weighted by molar-refractivity contribution is -0.151. The third-order valence-corrected chi connectivity index (χ3v) is 3.61. The first-order chi connectivity index (χ1) is 10.1. The van der Waals surface area contributed by atoms with Crippen LogP contribution in [0.3, 0.4) is 0 Å². The van der Waals surface area contributed by atoms with Gasteiger partial charge in [0.15, 0.2) is 0 Å². The van der Waals surface area contributed by atoms with Gasteiger partial charge >= 0.3 is 12.1 Å². The molecule has 2 atom stereocenters. The van der Waals surface area contributed by atoms with Crippen molar-refractivity contribution in [3.8, 4) is 0 Å². The Morgan fingerprint density at radius 3 is 2.62 bits per heavy atom. The average Bonchev–Trinajstić information content (AvgIpc) is 2.47. The van der Waals surface area contributed by atoms with E-state index in [2.05, 4.69) is 0 Å². The number of carbonyl (C=O) groups is 2. The van der Waals surface area contributed by atoms with Crippen molar-refractivity contribution >= 4 is 12.1 Å². The van der Waals surface area contributed by atoms with Crippen LogP contribution < -0.4 is 0 Å². The summed E-state index contributed by atoms with van der Waals surface area (Å²) in [5.74, 6) is -0.154. The van der Waals surface area contributed by atoms with Gasteiger partial charge in [0.2, 0.25) is 0 Å². The fourth-order valence-electron chi connectivity index (χ4n) is 2.49. The topological polar surface area (TPSA) is 55.8 Å². The highest BCUT2D eigenvalue weighted by Crippen LogP contribution is 2.20. The van der Waals surface area contributed by atoms with Crippen LogP contribution in [0.15, 0.2) is 30.3 Å². The Hall–Kier alpha value is -2.04. The highest BCUT2D eigenvalue weighted by Gasteiger charge is 2.31. The van der Waals surface area contributed by atoms with Crippen LogP contribution in [0.25, 0.3) is 0 Å². The Bertz CT molecular complexity index is 488. The molecule has 114 valence electrons. The van der Waals surface area contributed by atoms with Crippen LogP contribution in [0.5, 0.6) is 0 Å². The Morgan fingerprint density at radius 2 is 2.00 bits per heavy atom. The molecule has 0 saturated carbocycles. The maximum atomic E-state index is 12.0. The van der Waals surface area contributed by atoms with Gasteiger partial charge in [0, 0.05) is 32.4 Å². The summed E-state index contributed by atoms with van der Waals surface area (Å²) >= 11 is 0. The first kappa shape index (κ1) is 15.4. The van der Waals surface area contributed by atoms with Crippen LogP contribution in [0.4, 0.5) is 4.79 Å². The van der Waals surface area contributed by atoms with Gasteiger partial charge in [0.05, 0.1) is 0 Å². The number of ether oxygens (including phenoxy) is 2. The van der Waals surface area contributed by atoms with Crippen LogP contribution in [-0.4, -0.2) is 36.2 Å². The van der Waals surface area contributed by atoms with E-state index in [1.165, 1.54) is 6.92 Å². The van der Waals surface area contributed by atoms with Crippen molar-refractivity contribution in [1.29, 1.82) is 0 Å². The van der Waals surface area contributed by atoms with E-state index in [1.54, 1.807) is 4.90 Å². The van der Waals surface area contributed by atoms with Gasteiger partial charge in [-0.1, -0.05) is 37.3 Å². The van der Waals surface area contributed by atoms with E-state index in [0.717, 1.165) is 5.56 Å². The Balaban J connectivity index is 1.80. The van der Waals surface area contributed by atoms with E-state index in [-0.39, 0.29) is 30.7 Å². The average molecular weight is 291 g/mol. The monoisotopic (exact) mass is 291 g/mol. The molecule has 21 heavy (non-hydrogen) atoms. The minimum Gasteiger partial charge on any atom is -0.462 e. The Morgan fingerprint density at radius 1 is 1.29 bits per heavy atom. The largest absolute Gasteiger partial charge is 0.462 e. The molecule has 0 unspecified atom stereocenters. The molecule has 1 saturated heterocycles. The molecule has 5 heteroatoms. The molecule has 1 aliphatic rings. The lowest BCUT2D eigenvalue weighted by atomic mass is 9.97. The predicted molar refractivity (Wildman–Crippen MR) is 77.5 cm³/mol. The fraction of sp³-hybridized carbons (Fsp3) is 0.500. The lowest BCUT2D eigenvalue weighted by Gasteiger charge is -2.35. The minimum atomic E-state index is -0.313. The summed E-state index contributed by atoms with van der Waals surface area (Å²) in [7, 11) is 0. The van der Waals surface area contributed by atoms with Crippen molar-refractivity contribution < 1.29 is 19.1 Å². The molecule has 0 aliphatic carbocycles. The minimum absolute atomic E-state index is 0.110. The fourth-order valence-corrected chi connectivity index (χ4v) is 2.49. The molecule has 1 aromatic rings. The second-order valence-electron chi connectivity index (χ2n) is 5.40. The smallest absolute Gasteiger partial charge is 0.410 e. The zero-order valence-electron chi connectivity index (χ0n) is 12.5. The van der Waals surface area contributed by atoms with Gasteiger partial charge in [-0.15, -0.1) is 0 Å². The Kier molecular flexibility index (Phi) is 5.20. The van der Waals surface area contributed by atoms with Gasteiger partial charge in [-0.3, -0.25) is 4.79 Å². The predicted octanol–water partition coefficient (Wildman–Crippen LogP) is 2.60. The van der Waals surface area contributed by atoms with Gasteiger partial charge in [0.25, 0.3) is 0 Å². The number of amides is 1. The standard InChI is InChI=1S/C16H21NO4/c1-12-10-17(9-8-15(12)21-13(2)18)16(19)20-11-14-6-4-3-5-7-14/h3-7,12,15H,8-11H2,1-2H3/t12-,15+/m0/s1. The van der Waals surface area contributed by atoms with E-state index in [1.807, 2.05) is 37.3 Å². The molecule has 0 aromatic heterocycles. The number of esters is 1. The highest BCUT2D eigenvalue weighted by molar-refractivity contribution is 5.68. The number of benzene rings is 1. The maximum absolute atomic E-state index is 12.0. The quantitative estimate of drug-likeness (QED) is 0.803. The second kappa shape index (κ2) is 7.11. The number of nitrogens with zero attached hydrogens (tertiary/aromatic N) is 1. The third-order valence-electron chi connectivity index (χ3n) is 3.61. The number of carbonyl (C=O) groups excluding carboxylic acids is 2. The maximum Gasteiger partial charge on any atom is 0.410 e. The molecule has 0 radical (unpaired) electrons. The number of likely N-dealkylation sites (tertiary alicyclic amines) is 1. The molecule has 5 nitrogen and oxygen atoms in total. The summed E-state index contributed by atoms with van der Waals surface area (Å²) < 4.78 is 10.6. The van der Waals surface area contributed by atoms with Gasteiger partial charge < -0.3 is 14.4 Å². The van der Waals surface area contributed by atoms with Crippen LogP contribution in [0.1, 0.15) is 25.8 Å². The van der Waals surface area contributed by atoms with E-state index >= 15 is 0 Å². The number of hydrogen-bond acceptors (Lipinski definition) is 4. The molecule has 1 amide bonds. The first-order valence-corrected chi connectivity index (χ1v) is 7.19. The summed E-state index contributed by atoms with van der Waals surface area (Å²) in [6.07, 6.45) is 0.230. The Labute approximate surface area is 124 Å². The van der Waals surface area contributed by atoms with Crippen LogP contribution >= 0.6 is 0 Å². The van der Waals surface area contributed by atoms with Gasteiger partial charge in [-0.05, 0) is 5.56 Å². The second-order valence-corrected chi connectivity index (χ2v) is 5.40. The molecule has 1 fully saturated rings. The highest BCUT2D eigenvalue weighted by atomic mass is 16.6. The lowest BCUT2D eigenvalue weighted by Crippen LogP contribution is -2.46. The van der Waals surface area contributed by atoms with E-state index < -0.39 is 0 Å². The molecule has 0 N–H and O–H groups in total. The zero-order chi connectivity index (χ0) is 15.2. The summed E-state index contributed by atoms with van der Waals surface area (Å²) in [5.41, 5.74) is 0.966. The SMILES string of the molecule is CC(=O)O[C@@H]1CCN(C(=O)OCc2ccccc2)C[C@@H]1C. The molecule has 0 bridgehead atoms.